The van der Waals surface area contributed by atoms with Gasteiger partial charge in [0.2, 0.25) is 0 Å². The number of benzene rings is 2. The first-order valence-electron chi connectivity index (χ1n) is 6.72. The van der Waals surface area contributed by atoms with Crippen molar-refractivity contribution in [3.63, 3.8) is 0 Å². The summed E-state index contributed by atoms with van der Waals surface area (Å²) in [4.78, 5) is 23.0. The molecule has 0 fully saturated rings. The third kappa shape index (κ3) is 2.65. The molecule has 2 aromatic rings. The van der Waals surface area contributed by atoms with E-state index in [4.69, 9.17) is 9.84 Å². The average molecular weight is 282 g/mol. The minimum Gasteiger partial charge on any atom is -0.482 e. The van der Waals surface area contributed by atoms with E-state index in [2.05, 4.69) is 0 Å². The lowest BCUT2D eigenvalue weighted by molar-refractivity contribution is -0.139. The van der Waals surface area contributed by atoms with E-state index in [1.807, 2.05) is 30.3 Å². The maximum Gasteiger partial charge on any atom is 0.341 e. The summed E-state index contributed by atoms with van der Waals surface area (Å²) >= 11 is 0. The molecule has 2 aromatic carbocycles. The van der Waals surface area contributed by atoms with E-state index in [-0.39, 0.29) is 18.3 Å². The van der Waals surface area contributed by atoms with Crippen molar-refractivity contribution in [2.45, 2.75) is 12.3 Å². The van der Waals surface area contributed by atoms with Crippen molar-refractivity contribution >= 4 is 11.8 Å². The molecule has 0 aromatic heterocycles. The maximum atomic E-state index is 12.4. The number of Topliss-reactive ketones (excluding diaryl/α,β-unsaturated/α-hetero) is 1. The number of carboxylic acids is 1. The van der Waals surface area contributed by atoms with E-state index in [0.717, 1.165) is 11.1 Å². The first-order chi connectivity index (χ1) is 10.1. The molecule has 0 bridgehead atoms. The molecule has 0 unspecified atom stereocenters. The highest BCUT2D eigenvalue weighted by Gasteiger charge is 2.31. The third-order valence-electron chi connectivity index (χ3n) is 3.65. The van der Waals surface area contributed by atoms with Crippen LogP contribution in [-0.4, -0.2) is 23.5 Å². The van der Waals surface area contributed by atoms with Crippen LogP contribution in [0, 0.1) is 0 Å². The lowest BCUT2D eigenvalue weighted by Gasteiger charge is -2.07. The Hall–Kier alpha value is -2.62. The molecule has 0 heterocycles. The van der Waals surface area contributed by atoms with E-state index in [0.29, 0.717) is 17.7 Å². The summed E-state index contributed by atoms with van der Waals surface area (Å²) in [6, 6.07) is 14.8. The molecule has 0 amide bonds. The van der Waals surface area contributed by atoms with Crippen molar-refractivity contribution in [2.75, 3.05) is 6.61 Å². The number of hydrogen-bond acceptors (Lipinski definition) is 3. The number of carboxylic acid groups (broad SMARTS) is 1. The lowest BCUT2D eigenvalue weighted by Crippen LogP contribution is -2.09. The molecule has 1 aliphatic carbocycles. The number of carbonyl (C=O) groups is 2. The zero-order valence-electron chi connectivity index (χ0n) is 11.3. The Morgan fingerprint density at radius 2 is 1.95 bits per heavy atom. The van der Waals surface area contributed by atoms with Crippen molar-refractivity contribution in [2.24, 2.45) is 0 Å². The topological polar surface area (TPSA) is 63.6 Å². The van der Waals surface area contributed by atoms with Crippen molar-refractivity contribution in [1.82, 2.24) is 0 Å². The molecule has 1 N–H and O–H groups in total. The predicted octanol–water partition coefficient (Wildman–Crippen LogP) is 2.67. The predicted molar refractivity (Wildman–Crippen MR) is 76.8 cm³/mol. The van der Waals surface area contributed by atoms with Crippen LogP contribution in [-0.2, 0) is 11.2 Å². The van der Waals surface area contributed by atoms with Crippen LogP contribution in [0.15, 0.2) is 48.5 Å². The Balaban J connectivity index is 1.84. The van der Waals surface area contributed by atoms with Gasteiger partial charge in [0, 0.05) is 5.56 Å². The molecule has 0 saturated carbocycles. The van der Waals surface area contributed by atoms with Crippen molar-refractivity contribution in [1.29, 1.82) is 0 Å². The van der Waals surface area contributed by atoms with Crippen molar-refractivity contribution in [3.8, 4) is 5.75 Å². The van der Waals surface area contributed by atoms with Gasteiger partial charge < -0.3 is 9.84 Å². The smallest absolute Gasteiger partial charge is 0.341 e. The van der Waals surface area contributed by atoms with Gasteiger partial charge in [0.15, 0.2) is 12.4 Å². The monoisotopic (exact) mass is 282 g/mol. The fourth-order valence-electron chi connectivity index (χ4n) is 2.67. The summed E-state index contributed by atoms with van der Waals surface area (Å²) in [5.74, 6) is -0.580. The van der Waals surface area contributed by atoms with Gasteiger partial charge in [-0.2, -0.15) is 0 Å². The second-order valence-electron chi connectivity index (χ2n) is 5.03. The number of fused-ring (bicyclic) bond motifs is 1. The summed E-state index contributed by atoms with van der Waals surface area (Å²) in [6.45, 7) is -0.380. The number of ketones is 1. The van der Waals surface area contributed by atoms with Crippen LogP contribution >= 0.6 is 0 Å². The second kappa shape index (κ2) is 5.40. The molecule has 0 aliphatic heterocycles. The van der Waals surface area contributed by atoms with Crippen LogP contribution in [0.5, 0.6) is 5.75 Å². The minimum absolute atomic E-state index is 0.112. The van der Waals surface area contributed by atoms with E-state index >= 15 is 0 Å². The quantitative estimate of drug-likeness (QED) is 0.936. The minimum atomic E-state index is -1.02. The van der Waals surface area contributed by atoms with Gasteiger partial charge in [-0.1, -0.05) is 30.3 Å². The van der Waals surface area contributed by atoms with Crippen LogP contribution in [0.3, 0.4) is 0 Å². The van der Waals surface area contributed by atoms with Crippen LogP contribution in [0.1, 0.15) is 27.4 Å². The van der Waals surface area contributed by atoms with Gasteiger partial charge >= 0.3 is 5.97 Å². The second-order valence-corrected chi connectivity index (χ2v) is 5.03. The first kappa shape index (κ1) is 13.4. The molecule has 1 aliphatic rings. The summed E-state index contributed by atoms with van der Waals surface area (Å²) < 4.78 is 5.16. The Morgan fingerprint density at radius 3 is 2.67 bits per heavy atom. The Labute approximate surface area is 122 Å². The van der Waals surface area contributed by atoms with Crippen LogP contribution in [0.4, 0.5) is 0 Å². The summed E-state index contributed by atoms with van der Waals surface area (Å²) in [7, 11) is 0. The average Bonchev–Trinajstić information content (AvgIpc) is 2.83. The molecule has 1 atom stereocenters. The molecular formula is C17H14O4. The van der Waals surface area contributed by atoms with E-state index < -0.39 is 5.97 Å². The van der Waals surface area contributed by atoms with Crippen molar-refractivity contribution in [3.05, 3.63) is 65.2 Å². The number of ether oxygens (including phenoxy) is 1. The number of hydrogen-bond donors (Lipinski definition) is 1. The van der Waals surface area contributed by atoms with Gasteiger partial charge in [-0.25, -0.2) is 4.79 Å². The molecule has 3 rings (SSSR count). The van der Waals surface area contributed by atoms with E-state index in [1.54, 1.807) is 18.2 Å². The first-order valence-corrected chi connectivity index (χ1v) is 6.72. The molecule has 4 heteroatoms. The third-order valence-corrected chi connectivity index (χ3v) is 3.65. The molecule has 21 heavy (non-hydrogen) atoms. The summed E-state index contributed by atoms with van der Waals surface area (Å²) in [5.41, 5.74) is 2.62. The number of aliphatic carboxylic acids is 1. The van der Waals surface area contributed by atoms with Crippen molar-refractivity contribution < 1.29 is 19.4 Å². The Kier molecular flexibility index (Phi) is 3.44. The molecule has 0 saturated heterocycles. The largest absolute Gasteiger partial charge is 0.482 e. The summed E-state index contributed by atoms with van der Waals surface area (Å²) in [6.07, 6.45) is 0.627. The Morgan fingerprint density at radius 1 is 1.19 bits per heavy atom. The molecule has 0 spiro atoms. The fourth-order valence-corrected chi connectivity index (χ4v) is 2.67. The van der Waals surface area contributed by atoms with Gasteiger partial charge in [0.05, 0.1) is 5.92 Å². The zero-order chi connectivity index (χ0) is 14.8. The highest BCUT2D eigenvalue weighted by atomic mass is 16.5. The van der Waals surface area contributed by atoms with Crippen LogP contribution in [0.2, 0.25) is 0 Å². The fraction of sp³-hybridized carbons (Fsp3) is 0.176. The Bertz CT molecular complexity index is 691. The summed E-state index contributed by atoms with van der Waals surface area (Å²) in [5, 5.41) is 8.62. The van der Waals surface area contributed by atoms with Gasteiger partial charge in [-0.05, 0) is 35.7 Å². The van der Waals surface area contributed by atoms with Gasteiger partial charge in [-0.15, -0.1) is 0 Å². The van der Waals surface area contributed by atoms with Crippen LogP contribution < -0.4 is 4.74 Å². The highest BCUT2D eigenvalue weighted by Crippen LogP contribution is 2.35. The van der Waals surface area contributed by atoms with Gasteiger partial charge in [0.1, 0.15) is 5.75 Å². The zero-order valence-corrected chi connectivity index (χ0v) is 11.3. The molecule has 0 radical (unpaired) electrons. The maximum absolute atomic E-state index is 12.4. The highest BCUT2D eigenvalue weighted by molar-refractivity contribution is 6.05. The molecule has 4 nitrogen and oxygen atoms in total. The normalized spacial score (nSPS) is 16.6. The van der Waals surface area contributed by atoms with E-state index in [9.17, 15) is 9.59 Å². The number of rotatable bonds is 4. The molecular weight excluding hydrogens is 268 g/mol. The SMILES string of the molecule is O=C(O)COc1ccc2c(c1)C[C@H](c1ccccc1)C2=O. The van der Waals surface area contributed by atoms with E-state index in [1.165, 1.54) is 0 Å². The molecule has 106 valence electrons. The number of carbonyl (C=O) groups excluding carboxylic acids is 1. The lowest BCUT2D eigenvalue weighted by atomic mass is 9.95. The standard InChI is InChI=1S/C17H14O4/c18-16(19)10-21-13-6-7-14-12(8-13)9-15(17(14)20)11-4-2-1-3-5-11/h1-8,15H,9-10H2,(H,18,19)/t15-/m1/s1. The van der Waals surface area contributed by atoms with Crippen LogP contribution in [0.25, 0.3) is 0 Å². The van der Waals surface area contributed by atoms with Gasteiger partial charge in [0.25, 0.3) is 0 Å². The van der Waals surface area contributed by atoms with Gasteiger partial charge in [-0.3, -0.25) is 4.79 Å².